The molecule has 2 amide bonds. The normalized spacial score (nSPS) is 15.5. The summed E-state index contributed by atoms with van der Waals surface area (Å²) in [5.41, 5.74) is 1.27. The van der Waals surface area contributed by atoms with Crippen LogP contribution in [0.15, 0.2) is 48.5 Å². The number of nitrogens with zero attached hydrogens (tertiary/aromatic N) is 1. The van der Waals surface area contributed by atoms with Crippen molar-refractivity contribution < 1.29 is 23.9 Å². The minimum absolute atomic E-state index is 0.0559. The van der Waals surface area contributed by atoms with Crippen molar-refractivity contribution in [1.82, 2.24) is 4.90 Å². The van der Waals surface area contributed by atoms with E-state index in [0.29, 0.717) is 42.1 Å². The maximum absolute atomic E-state index is 12.7. The molecule has 0 saturated carbocycles. The summed E-state index contributed by atoms with van der Waals surface area (Å²) >= 11 is 0. The van der Waals surface area contributed by atoms with Gasteiger partial charge in [-0.25, -0.2) is 0 Å². The van der Waals surface area contributed by atoms with Gasteiger partial charge in [-0.05, 0) is 61.4 Å². The number of carbonyl (C=O) groups is 3. The largest absolute Gasteiger partial charge is 0.497 e. The highest BCUT2D eigenvalue weighted by Gasteiger charge is 2.34. The molecule has 2 aromatic rings. The second-order valence-corrected chi connectivity index (χ2v) is 7.05. The molecule has 0 aliphatic carbocycles. The maximum Gasteiger partial charge on any atom is 0.261 e. The van der Waals surface area contributed by atoms with Crippen molar-refractivity contribution in [3.8, 4) is 11.5 Å². The van der Waals surface area contributed by atoms with E-state index in [1.807, 2.05) is 6.92 Å². The predicted octanol–water partition coefficient (Wildman–Crippen LogP) is 3.30. The summed E-state index contributed by atoms with van der Waals surface area (Å²) in [6.45, 7) is 2.17. The number of benzene rings is 2. The Labute approximate surface area is 176 Å². The molecule has 1 unspecified atom stereocenters. The van der Waals surface area contributed by atoms with E-state index in [0.717, 1.165) is 6.42 Å². The van der Waals surface area contributed by atoms with Crippen molar-refractivity contribution in [2.45, 2.75) is 32.2 Å². The van der Waals surface area contributed by atoms with Crippen molar-refractivity contribution in [3.63, 3.8) is 0 Å². The van der Waals surface area contributed by atoms with Crippen LogP contribution in [0.5, 0.6) is 11.5 Å². The van der Waals surface area contributed by atoms with E-state index in [2.05, 4.69) is 5.32 Å². The van der Waals surface area contributed by atoms with E-state index in [-0.39, 0.29) is 24.2 Å². The molecule has 30 heavy (non-hydrogen) atoms. The lowest BCUT2D eigenvalue weighted by Gasteiger charge is -2.24. The van der Waals surface area contributed by atoms with Crippen LogP contribution in [0.2, 0.25) is 0 Å². The van der Waals surface area contributed by atoms with E-state index in [1.54, 1.807) is 60.5 Å². The number of ether oxygens (including phenoxy) is 2. The van der Waals surface area contributed by atoms with Crippen LogP contribution >= 0.6 is 0 Å². The molecule has 1 heterocycles. The zero-order valence-electron chi connectivity index (χ0n) is 17.2. The average molecular weight is 410 g/mol. The fourth-order valence-electron chi connectivity index (χ4n) is 3.41. The number of rotatable bonds is 8. The molecular formula is C23H26N2O5. The SMILES string of the molecule is CCC(=O)c1ccc(OCC(=O)N2CCCC2C(=O)Nc2ccc(OC)cc2)cc1. The number of hydrogen-bond donors (Lipinski definition) is 1. The highest BCUT2D eigenvalue weighted by Crippen LogP contribution is 2.21. The smallest absolute Gasteiger partial charge is 0.261 e. The number of hydrogen-bond acceptors (Lipinski definition) is 5. The zero-order valence-corrected chi connectivity index (χ0v) is 17.2. The predicted molar refractivity (Wildman–Crippen MR) is 113 cm³/mol. The lowest BCUT2D eigenvalue weighted by molar-refractivity contribution is -0.138. The molecule has 0 spiro atoms. The molecule has 1 N–H and O–H groups in total. The van der Waals surface area contributed by atoms with Crippen molar-refractivity contribution in [1.29, 1.82) is 0 Å². The first-order chi connectivity index (χ1) is 14.5. The number of Topliss-reactive ketones (excluding diaryl/α,β-unsaturated/α-hetero) is 1. The first-order valence-electron chi connectivity index (χ1n) is 10.0. The molecule has 1 aliphatic rings. The van der Waals surface area contributed by atoms with Gasteiger partial charge < -0.3 is 19.7 Å². The van der Waals surface area contributed by atoms with Crippen molar-refractivity contribution in [3.05, 3.63) is 54.1 Å². The number of carbonyl (C=O) groups excluding carboxylic acids is 3. The lowest BCUT2D eigenvalue weighted by atomic mass is 10.1. The van der Waals surface area contributed by atoms with E-state index in [1.165, 1.54) is 0 Å². The average Bonchev–Trinajstić information content (AvgIpc) is 3.28. The fourth-order valence-corrected chi connectivity index (χ4v) is 3.41. The molecule has 158 valence electrons. The summed E-state index contributed by atoms with van der Waals surface area (Å²) in [6.07, 6.45) is 1.81. The molecule has 0 aromatic heterocycles. The van der Waals surface area contributed by atoms with Crippen LogP contribution in [0.25, 0.3) is 0 Å². The third-order valence-corrected chi connectivity index (χ3v) is 5.09. The van der Waals surface area contributed by atoms with Gasteiger partial charge in [0.25, 0.3) is 5.91 Å². The fraction of sp³-hybridized carbons (Fsp3) is 0.348. The van der Waals surface area contributed by atoms with Gasteiger partial charge in [-0.3, -0.25) is 14.4 Å². The van der Waals surface area contributed by atoms with Gasteiger partial charge in [-0.2, -0.15) is 0 Å². The highest BCUT2D eigenvalue weighted by atomic mass is 16.5. The molecule has 0 radical (unpaired) electrons. The van der Waals surface area contributed by atoms with Crippen LogP contribution < -0.4 is 14.8 Å². The molecule has 1 aliphatic heterocycles. The van der Waals surface area contributed by atoms with Gasteiger partial charge in [-0.1, -0.05) is 6.92 Å². The van der Waals surface area contributed by atoms with Crippen LogP contribution in [0.4, 0.5) is 5.69 Å². The molecule has 7 heteroatoms. The van der Waals surface area contributed by atoms with Gasteiger partial charge in [0, 0.05) is 24.2 Å². The van der Waals surface area contributed by atoms with Crippen LogP contribution in [0.3, 0.4) is 0 Å². The van der Waals surface area contributed by atoms with Crippen molar-refractivity contribution in [2.75, 3.05) is 25.6 Å². The summed E-state index contributed by atoms with van der Waals surface area (Å²) in [4.78, 5) is 38.6. The number of anilines is 1. The molecule has 3 rings (SSSR count). The number of likely N-dealkylation sites (tertiary alicyclic amines) is 1. The van der Waals surface area contributed by atoms with E-state index >= 15 is 0 Å². The van der Waals surface area contributed by atoms with Crippen LogP contribution in [-0.4, -0.2) is 48.8 Å². The van der Waals surface area contributed by atoms with Gasteiger partial charge >= 0.3 is 0 Å². The molecule has 0 bridgehead atoms. The Hall–Kier alpha value is -3.35. The first kappa shape index (κ1) is 21.4. The molecule has 1 saturated heterocycles. The Morgan fingerprint density at radius 3 is 2.33 bits per heavy atom. The number of nitrogens with one attached hydrogen (secondary N) is 1. The Morgan fingerprint density at radius 1 is 1.03 bits per heavy atom. The maximum atomic E-state index is 12.7. The Morgan fingerprint density at radius 2 is 1.70 bits per heavy atom. The molecule has 1 atom stereocenters. The quantitative estimate of drug-likeness (QED) is 0.675. The minimum Gasteiger partial charge on any atom is -0.497 e. The monoisotopic (exact) mass is 410 g/mol. The van der Waals surface area contributed by atoms with Gasteiger partial charge in [0.05, 0.1) is 7.11 Å². The van der Waals surface area contributed by atoms with Crippen LogP contribution in [0.1, 0.15) is 36.5 Å². The molecule has 2 aromatic carbocycles. The Balaban J connectivity index is 1.55. The molecule has 1 fully saturated rings. The number of methoxy groups -OCH3 is 1. The number of ketones is 1. The molecule has 7 nitrogen and oxygen atoms in total. The lowest BCUT2D eigenvalue weighted by Crippen LogP contribution is -2.45. The Kier molecular flexibility index (Phi) is 7.06. The first-order valence-corrected chi connectivity index (χ1v) is 10.0. The third-order valence-electron chi connectivity index (χ3n) is 5.09. The van der Waals surface area contributed by atoms with Gasteiger partial charge in [0.1, 0.15) is 17.5 Å². The standard InChI is InChI=1S/C23H26N2O5/c1-3-21(26)16-6-10-19(11-7-16)30-15-22(27)25-14-4-5-20(25)23(28)24-17-8-12-18(29-2)13-9-17/h6-13,20H,3-5,14-15H2,1-2H3,(H,24,28). The topological polar surface area (TPSA) is 84.9 Å². The van der Waals surface area contributed by atoms with E-state index in [4.69, 9.17) is 9.47 Å². The third kappa shape index (κ3) is 5.17. The minimum atomic E-state index is -0.521. The number of amides is 2. The van der Waals surface area contributed by atoms with Gasteiger partial charge in [0.15, 0.2) is 12.4 Å². The second-order valence-electron chi connectivity index (χ2n) is 7.05. The summed E-state index contributed by atoms with van der Waals surface area (Å²) in [5, 5.41) is 2.86. The van der Waals surface area contributed by atoms with E-state index in [9.17, 15) is 14.4 Å². The summed E-state index contributed by atoms with van der Waals surface area (Å²) in [5.74, 6) is 0.814. The molecular weight excluding hydrogens is 384 g/mol. The highest BCUT2D eigenvalue weighted by molar-refractivity contribution is 5.98. The zero-order chi connectivity index (χ0) is 21.5. The van der Waals surface area contributed by atoms with E-state index < -0.39 is 6.04 Å². The van der Waals surface area contributed by atoms with Crippen LogP contribution in [-0.2, 0) is 9.59 Å². The summed E-state index contributed by atoms with van der Waals surface area (Å²) in [7, 11) is 1.58. The Bertz CT molecular complexity index is 893. The second kappa shape index (κ2) is 9.91. The van der Waals surface area contributed by atoms with Crippen LogP contribution in [0, 0.1) is 0 Å². The summed E-state index contributed by atoms with van der Waals surface area (Å²) < 4.78 is 10.7. The van der Waals surface area contributed by atoms with Crippen molar-refractivity contribution >= 4 is 23.3 Å². The van der Waals surface area contributed by atoms with Crippen molar-refractivity contribution in [2.24, 2.45) is 0 Å². The van der Waals surface area contributed by atoms with Gasteiger partial charge in [0.2, 0.25) is 5.91 Å². The van der Waals surface area contributed by atoms with Gasteiger partial charge in [-0.15, -0.1) is 0 Å². The summed E-state index contributed by atoms with van der Waals surface area (Å²) in [6, 6.07) is 13.2.